The van der Waals surface area contributed by atoms with Crippen molar-refractivity contribution in [1.82, 2.24) is 15.5 Å². The van der Waals surface area contributed by atoms with E-state index in [4.69, 9.17) is 4.74 Å². The average Bonchev–Trinajstić information content (AvgIpc) is 2.40. The molecule has 0 bridgehead atoms. The van der Waals surface area contributed by atoms with Crippen molar-refractivity contribution in [2.75, 3.05) is 47.4 Å². The first-order valence-corrected chi connectivity index (χ1v) is 6.84. The number of hydrogen-bond acceptors (Lipinski definition) is 3. The van der Waals surface area contributed by atoms with E-state index in [0.29, 0.717) is 13.0 Å². The van der Waals surface area contributed by atoms with Crippen LogP contribution in [0.15, 0.2) is 4.99 Å². The number of rotatable bonds is 9. The molecule has 0 aromatic carbocycles. The molecule has 6 nitrogen and oxygen atoms in total. The van der Waals surface area contributed by atoms with E-state index in [0.717, 1.165) is 38.6 Å². The Balaban J connectivity index is 0. The predicted octanol–water partition coefficient (Wildman–Crippen LogP) is 1.06. The Hall–Kier alpha value is -0.570. The first-order valence-electron chi connectivity index (χ1n) is 6.84. The zero-order valence-electron chi connectivity index (χ0n) is 13.1. The fourth-order valence-electron chi connectivity index (χ4n) is 1.41. The fraction of sp³-hybridized carbons (Fsp3) is 0.846. The van der Waals surface area contributed by atoms with E-state index in [-0.39, 0.29) is 29.9 Å². The predicted molar refractivity (Wildman–Crippen MR) is 93.8 cm³/mol. The smallest absolute Gasteiger partial charge is 0.223 e. The first-order chi connectivity index (χ1) is 9.11. The molecule has 0 aliphatic carbocycles. The lowest BCUT2D eigenvalue weighted by atomic mass is 10.3. The normalized spacial score (nSPS) is 10.7. The fourth-order valence-corrected chi connectivity index (χ4v) is 1.41. The molecule has 0 saturated heterocycles. The molecule has 1 amide bonds. The van der Waals surface area contributed by atoms with Gasteiger partial charge in [-0.05, 0) is 19.8 Å². The molecule has 0 saturated carbocycles. The summed E-state index contributed by atoms with van der Waals surface area (Å²) in [6.45, 7) is 5.03. The van der Waals surface area contributed by atoms with Crippen LogP contribution in [0.1, 0.15) is 26.2 Å². The Bertz CT molecular complexity index is 273. The maximum atomic E-state index is 11.4. The summed E-state index contributed by atoms with van der Waals surface area (Å²) in [5.74, 6) is 0.850. The number of aliphatic imine (C=N–C) groups is 1. The number of nitrogens with zero attached hydrogens (tertiary/aromatic N) is 2. The second-order valence-electron chi connectivity index (χ2n) is 4.37. The Morgan fingerprint density at radius 1 is 1.20 bits per heavy atom. The van der Waals surface area contributed by atoms with Crippen LogP contribution in [-0.4, -0.2) is 64.2 Å². The van der Waals surface area contributed by atoms with Gasteiger partial charge in [-0.1, -0.05) is 0 Å². The van der Waals surface area contributed by atoms with Crippen molar-refractivity contribution in [1.29, 1.82) is 0 Å². The summed E-state index contributed by atoms with van der Waals surface area (Å²) in [5.41, 5.74) is 0. The van der Waals surface area contributed by atoms with E-state index < -0.39 is 0 Å². The van der Waals surface area contributed by atoms with E-state index >= 15 is 0 Å². The maximum absolute atomic E-state index is 11.4. The number of amides is 1. The van der Waals surface area contributed by atoms with Crippen molar-refractivity contribution in [2.45, 2.75) is 26.2 Å². The highest BCUT2D eigenvalue weighted by Gasteiger charge is 2.03. The number of carbonyl (C=O) groups excluding carboxylic acids is 1. The maximum Gasteiger partial charge on any atom is 0.223 e. The third-order valence-corrected chi connectivity index (χ3v) is 2.57. The first kappa shape index (κ1) is 21.7. The van der Waals surface area contributed by atoms with Crippen LogP contribution in [0, 0.1) is 0 Å². The molecule has 0 aliphatic heterocycles. The molecule has 120 valence electrons. The lowest BCUT2D eigenvalue weighted by Crippen LogP contribution is -2.39. The minimum absolute atomic E-state index is 0. The standard InChI is InChI=1S/C13H28N4O2.HI/c1-5-19-11-7-6-9-15-13(14-2)16-10-8-12(18)17(3)4;/h5-11H2,1-4H3,(H2,14,15,16);1H. The summed E-state index contributed by atoms with van der Waals surface area (Å²) in [5, 5.41) is 6.33. The summed E-state index contributed by atoms with van der Waals surface area (Å²) >= 11 is 0. The second kappa shape index (κ2) is 14.8. The molecule has 0 aromatic rings. The highest BCUT2D eigenvalue weighted by atomic mass is 127. The number of carbonyl (C=O) groups is 1. The Morgan fingerprint density at radius 3 is 2.40 bits per heavy atom. The van der Waals surface area contributed by atoms with Crippen molar-refractivity contribution in [3.05, 3.63) is 0 Å². The molecule has 20 heavy (non-hydrogen) atoms. The summed E-state index contributed by atoms with van der Waals surface area (Å²) in [4.78, 5) is 17.1. The van der Waals surface area contributed by atoms with Crippen LogP contribution in [0.2, 0.25) is 0 Å². The molecule has 0 unspecified atom stereocenters. The van der Waals surface area contributed by atoms with Gasteiger partial charge in [0.05, 0.1) is 0 Å². The number of guanidine groups is 1. The average molecular weight is 400 g/mol. The topological polar surface area (TPSA) is 66.0 Å². The van der Waals surface area contributed by atoms with Gasteiger partial charge in [-0.2, -0.15) is 0 Å². The number of hydrogen-bond donors (Lipinski definition) is 2. The van der Waals surface area contributed by atoms with Gasteiger partial charge in [-0.15, -0.1) is 24.0 Å². The lowest BCUT2D eigenvalue weighted by Gasteiger charge is -2.13. The van der Waals surface area contributed by atoms with Crippen LogP contribution >= 0.6 is 24.0 Å². The van der Waals surface area contributed by atoms with Gasteiger partial charge in [0.2, 0.25) is 5.91 Å². The SMILES string of the molecule is CCOCCCCNC(=NC)NCCC(=O)N(C)C.I. The summed E-state index contributed by atoms with van der Waals surface area (Å²) in [6.07, 6.45) is 2.55. The lowest BCUT2D eigenvalue weighted by molar-refractivity contribution is -0.128. The quantitative estimate of drug-likeness (QED) is 0.263. The molecule has 0 aromatic heterocycles. The van der Waals surface area contributed by atoms with Crippen LogP contribution in [0.25, 0.3) is 0 Å². The Kier molecular flexibility index (Phi) is 16.1. The van der Waals surface area contributed by atoms with Crippen molar-refractivity contribution in [3.63, 3.8) is 0 Å². The van der Waals surface area contributed by atoms with Crippen LogP contribution in [0.5, 0.6) is 0 Å². The summed E-state index contributed by atoms with van der Waals surface area (Å²) in [6, 6.07) is 0. The van der Waals surface area contributed by atoms with Crippen LogP contribution < -0.4 is 10.6 Å². The Labute approximate surface area is 139 Å². The molecule has 0 heterocycles. The van der Waals surface area contributed by atoms with E-state index in [1.807, 2.05) is 6.92 Å². The van der Waals surface area contributed by atoms with E-state index in [2.05, 4.69) is 15.6 Å². The minimum Gasteiger partial charge on any atom is -0.382 e. The van der Waals surface area contributed by atoms with Gasteiger partial charge in [0.25, 0.3) is 0 Å². The third kappa shape index (κ3) is 12.5. The number of unbranched alkanes of at least 4 members (excludes halogenated alkanes) is 1. The highest BCUT2D eigenvalue weighted by Crippen LogP contribution is 1.89. The molecule has 0 fully saturated rings. The molecule has 0 rings (SSSR count). The zero-order chi connectivity index (χ0) is 14.5. The molecule has 0 spiro atoms. The minimum atomic E-state index is 0. The molecular formula is C13H29IN4O2. The van der Waals surface area contributed by atoms with Gasteiger partial charge in [0, 0.05) is 53.9 Å². The molecule has 0 radical (unpaired) electrons. The number of ether oxygens (including phenoxy) is 1. The van der Waals surface area contributed by atoms with Crippen LogP contribution in [-0.2, 0) is 9.53 Å². The largest absolute Gasteiger partial charge is 0.382 e. The van der Waals surface area contributed by atoms with Crippen LogP contribution in [0.4, 0.5) is 0 Å². The van der Waals surface area contributed by atoms with E-state index in [9.17, 15) is 4.79 Å². The monoisotopic (exact) mass is 400 g/mol. The molecular weight excluding hydrogens is 371 g/mol. The van der Waals surface area contributed by atoms with Crippen molar-refractivity contribution in [3.8, 4) is 0 Å². The van der Waals surface area contributed by atoms with Gasteiger partial charge in [0.15, 0.2) is 5.96 Å². The highest BCUT2D eigenvalue weighted by molar-refractivity contribution is 14.0. The molecule has 7 heteroatoms. The molecule has 0 atom stereocenters. The van der Waals surface area contributed by atoms with Crippen molar-refractivity contribution in [2.24, 2.45) is 4.99 Å². The third-order valence-electron chi connectivity index (χ3n) is 2.57. The summed E-state index contributed by atoms with van der Waals surface area (Å²) < 4.78 is 5.26. The molecule has 0 aliphatic rings. The second-order valence-corrected chi connectivity index (χ2v) is 4.37. The molecule has 2 N–H and O–H groups in total. The Morgan fingerprint density at radius 2 is 1.85 bits per heavy atom. The van der Waals surface area contributed by atoms with E-state index in [1.165, 1.54) is 0 Å². The van der Waals surface area contributed by atoms with E-state index in [1.54, 1.807) is 26.0 Å². The van der Waals surface area contributed by atoms with Gasteiger partial charge in [-0.3, -0.25) is 9.79 Å². The van der Waals surface area contributed by atoms with Gasteiger partial charge >= 0.3 is 0 Å². The number of halogens is 1. The van der Waals surface area contributed by atoms with Gasteiger partial charge in [-0.25, -0.2) is 0 Å². The van der Waals surface area contributed by atoms with Crippen LogP contribution in [0.3, 0.4) is 0 Å². The van der Waals surface area contributed by atoms with Gasteiger partial charge in [0.1, 0.15) is 0 Å². The number of nitrogens with one attached hydrogen (secondary N) is 2. The van der Waals surface area contributed by atoms with Crippen molar-refractivity contribution < 1.29 is 9.53 Å². The zero-order valence-corrected chi connectivity index (χ0v) is 15.4. The van der Waals surface area contributed by atoms with Crippen molar-refractivity contribution >= 4 is 35.8 Å². The van der Waals surface area contributed by atoms with Gasteiger partial charge < -0.3 is 20.3 Å². The summed E-state index contributed by atoms with van der Waals surface area (Å²) in [7, 11) is 5.24.